The lowest BCUT2D eigenvalue weighted by Gasteiger charge is -2.22. The average Bonchev–Trinajstić information content (AvgIpc) is 2.55. The van der Waals surface area contributed by atoms with E-state index in [9.17, 15) is 9.90 Å². The molecule has 0 aromatic carbocycles. The van der Waals surface area contributed by atoms with Crippen LogP contribution in [0.1, 0.15) is 20.3 Å². The molecule has 5 atom stereocenters. The highest BCUT2D eigenvalue weighted by Gasteiger charge is 2.41. The molecular weight excluding hydrogens is 209 g/mol. The van der Waals surface area contributed by atoms with Crippen LogP contribution in [0.25, 0.3) is 0 Å². The minimum absolute atomic E-state index is 0.251. The Bertz CT molecular complexity index is 251. The molecule has 2 unspecified atom stereocenters. The molecule has 6 heteroatoms. The lowest BCUT2D eigenvalue weighted by atomic mass is 9.92. The highest BCUT2D eigenvalue weighted by molar-refractivity contribution is 6.11. The van der Waals surface area contributed by atoms with Crippen molar-refractivity contribution in [3.8, 4) is 0 Å². The number of likely N-dealkylation sites (N-methyl/N-ethyl adjacent to an activating group) is 1. The SMILES string of the molecule is [B][C@@H]1O[C@H](CC)C(O)[C@@H]1OC(C)C(=O)NC. The van der Waals surface area contributed by atoms with Crippen LogP contribution in [-0.2, 0) is 14.3 Å². The molecule has 0 bridgehead atoms. The van der Waals surface area contributed by atoms with E-state index >= 15 is 0 Å². The van der Waals surface area contributed by atoms with E-state index in [2.05, 4.69) is 5.32 Å². The first-order chi connectivity index (χ1) is 7.51. The van der Waals surface area contributed by atoms with Gasteiger partial charge in [0, 0.05) is 13.1 Å². The van der Waals surface area contributed by atoms with Crippen LogP contribution in [0, 0.1) is 0 Å². The van der Waals surface area contributed by atoms with Gasteiger partial charge in [0.25, 0.3) is 0 Å². The zero-order chi connectivity index (χ0) is 12.3. The van der Waals surface area contributed by atoms with Crippen molar-refractivity contribution in [3.63, 3.8) is 0 Å². The number of hydrogen-bond donors (Lipinski definition) is 2. The first-order valence-corrected chi connectivity index (χ1v) is 5.47. The van der Waals surface area contributed by atoms with Gasteiger partial charge in [-0.05, 0) is 13.3 Å². The average molecular weight is 227 g/mol. The lowest BCUT2D eigenvalue weighted by Crippen LogP contribution is -2.42. The number of carbonyl (C=O) groups is 1. The van der Waals surface area contributed by atoms with Crippen LogP contribution in [0.3, 0.4) is 0 Å². The summed E-state index contributed by atoms with van der Waals surface area (Å²) in [4.78, 5) is 11.3. The van der Waals surface area contributed by atoms with Crippen LogP contribution in [0.15, 0.2) is 0 Å². The Labute approximate surface area is 96.9 Å². The monoisotopic (exact) mass is 227 g/mol. The summed E-state index contributed by atoms with van der Waals surface area (Å²) < 4.78 is 10.7. The van der Waals surface area contributed by atoms with Crippen molar-refractivity contribution in [3.05, 3.63) is 0 Å². The van der Waals surface area contributed by atoms with Gasteiger partial charge in [-0.1, -0.05) is 6.92 Å². The maximum absolute atomic E-state index is 11.3. The molecule has 16 heavy (non-hydrogen) atoms. The quantitative estimate of drug-likeness (QED) is 0.615. The molecule has 5 nitrogen and oxygen atoms in total. The Morgan fingerprint density at radius 1 is 1.69 bits per heavy atom. The standard InChI is InChI=1S/C10H18BNO4/c1-4-6-7(13)8(9(11)16-6)15-5(2)10(14)12-3/h5-9,13H,4H2,1-3H3,(H,12,14)/t5?,6-,7?,8+,9-/m1/s1. The second kappa shape index (κ2) is 5.66. The number of ether oxygens (including phenoxy) is 2. The Balaban J connectivity index is 2.57. The van der Waals surface area contributed by atoms with E-state index in [1.165, 1.54) is 7.05 Å². The molecule has 0 aliphatic carbocycles. The zero-order valence-corrected chi connectivity index (χ0v) is 9.84. The molecule has 1 fully saturated rings. The summed E-state index contributed by atoms with van der Waals surface area (Å²) in [5, 5.41) is 12.3. The molecule has 1 saturated heterocycles. The third-order valence-electron chi connectivity index (χ3n) is 2.75. The summed E-state index contributed by atoms with van der Waals surface area (Å²) in [6.07, 6.45) is -1.76. The molecule has 2 radical (unpaired) electrons. The highest BCUT2D eigenvalue weighted by atomic mass is 16.6. The molecule has 0 aromatic rings. The first-order valence-electron chi connectivity index (χ1n) is 5.47. The number of carbonyl (C=O) groups excluding carboxylic acids is 1. The van der Waals surface area contributed by atoms with Crippen molar-refractivity contribution in [2.45, 2.75) is 50.7 Å². The zero-order valence-electron chi connectivity index (χ0n) is 9.84. The van der Waals surface area contributed by atoms with Gasteiger partial charge in [0.1, 0.15) is 26.2 Å². The van der Waals surface area contributed by atoms with E-state index in [-0.39, 0.29) is 12.0 Å². The smallest absolute Gasteiger partial charge is 0.248 e. The Morgan fingerprint density at radius 3 is 2.75 bits per heavy atom. The molecule has 1 aliphatic heterocycles. The van der Waals surface area contributed by atoms with Crippen molar-refractivity contribution in [1.82, 2.24) is 5.32 Å². The van der Waals surface area contributed by atoms with Gasteiger partial charge in [-0.25, -0.2) is 0 Å². The number of nitrogens with one attached hydrogen (secondary N) is 1. The van der Waals surface area contributed by atoms with Gasteiger partial charge in [-0.2, -0.15) is 0 Å². The molecule has 2 N–H and O–H groups in total. The summed E-state index contributed by atoms with van der Waals surface area (Å²) in [5.41, 5.74) is 0. The summed E-state index contributed by atoms with van der Waals surface area (Å²) in [6.45, 7) is 3.50. The summed E-state index contributed by atoms with van der Waals surface area (Å²) in [6, 6.07) is -0.688. The molecular formula is C10H18BNO4. The fourth-order valence-corrected chi connectivity index (χ4v) is 1.76. The van der Waals surface area contributed by atoms with Gasteiger partial charge < -0.3 is 19.9 Å². The molecule has 0 spiro atoms. The predicted molar refractivity (Wildman–Crippen MR) is 59.1 cm³/mol. The van der Waals surface area contributed by atoms with Crippen LogP contribution in [0.4, 0.5) is 0 Å². The first kappa shape index (κ1) is 13.5. The summed E-state index contributed by atoms with van der Waals surface area (Å²) in [7, 11) is 7.21. The topological polar surface area (TPSA) is 67.8 Å². The van der Waals surface area contributed by atoms with Crippen LogP contribution in [0.2, 0.25) is 0 Å². The van der Waals surface area contributed by atoms with Crippen molar-refractivity contribution in [2.24, 2.45) is 0 Å². The minimum atomic E-state index is -0.785. The number of amides is 1. The third-order valence-corrected chi connectivity index (χ3v) is 2.75. The predicted octanol–water partition coefficient (Wildman–Crippen LogP) is -0.830. The van der Waals surface area contributed by atoms with Gasteiger partial charge in [0.05, 0.1) is 6.10 Å². The number of aliphatic hydroxyl groups is 1. The van der Waals surface area contributed by atoms with Crippen molar-refractivity contribution < 1.29 is 19.4 Å². The van der Waals surface area contributed by atoms with Gasteiger partial charge in [-0.15, -0.1) is 0 Å². The second-order valence-electron chi connectivity index (χ2n) is 3.90. The maximum atomic E-state index is 11.3. The fraction of sp³-hybridized carbons (Fsp3) is 0.900. The molecule has 1 aliphatic rings. The molecule has 90 valence electrons. The van der Waals surface area contributed by atoms with Crippen molar-refractivity contribution in [1.29, 1.82) is 0 Å². The number of rotatable bonds is 4. The summed E-state index contributed by atoms with van der Waals surface area (Å²) in [5.74, 6) is -0.251. The van der Waals surface area contributed by atoms with Gasteiger partial charge in [0.15, 0.2) is 0 Å². The van der Waals surface area contributed by atoms with E-state index in [0.29, 0.717) is 6.42 Å². The van der Waals surface area contributed by atoms with Gasteiger partial charge >= 0.3 is 0 Å². The normalized spacial score (nSPS) is 36.0. The fourth-order valence-electron chi connectivity index (χ4n) is 1.76. The number of hydrogen-bond acceptors (Lipinski definition) is 4. The lowest BCUT2D eigenvalue weighted by molar-refractivity contribution is -0.138. The molecule has 0 aromatic heterocycles. The third kappa shape index (κ3) is 2.75. The highest BCUT2D eigenvalue weighted by Crippen LogP contribution is 2.25. The minimum Gasteiger partial charge on any atom is -0.388 e. The van der Waals surface area contributed by atoms with Crippen LogP contribution in [-0.4, -0.2) is 56.3 Å². The van der Waals surface area contributed by atoms with Crippen LogP contribution < -0.4 is 5.32 Å². The summed E-state index contributed by atoms with van der Waals surface area (Å²) >= 11 is 0. The van der Waals surface area contributed by atoms with Crippen molar-refractivity contribution in [2.75, 3.05) is 7.05 Å². The Hall–Kier alpha value is -0.585. The molecule has 0 saturated carbocycles. The van der Waals surface area contributed by atoms with E-state index in [1.54, 1.807) is 6.92 Å². The molecule has 1 rings (SSSR count). The largest absolute Gasteiger partial charge is 0.388 e. The van der Waals surface area contributed by atoms with E-state index in [4.69, 9.17) is 17.3 Å². The number of aliphatic hydroxyl groups excluding tert-OH is 1. The van der Waals surface area contributed by atoms with Gasteiger partial charge in [0.2, 0.25) is 5.91 Å². The van der Waals surface area contributed by atoms with E-state index in [0.717, 1.165) is 0 Å². The van der Waals surface area contributed by atoms with Crippen molar-refractivity contribution >= 4 is 13.8 Å². The Morgan fingerprint density at radius 2 is 2.31 bits per heavy atom. The molecule has 1 heterocycles. The Kier molecular flexibility index (Phi) is 4.77. The van der Waals surface area contributed by atoms with E-state index in [1.807, 2.05) is 6.92 Å². The van der Waals surface area contributed by atoms with E-state index < -0.39 is 24.3 Å². The van der Waals surface area contributed by atoms with Gasteiger partial charge in [-0.3, -0.25) is 4.79 Å². The van der Waals surface area contributed by atoms with Crippen LogP contribution in [0.5, 0.6) is 0 Å². The maximum Gasteiger partial charge on any atom is 0.248 e. The molecule has 1 amide bonds. The van der Waals surface area contributed by atoms with Crippen LogP contribution >= 0.6 is 0 Å². The second-order valence-corrected chi connectivity index (χ2v) is 3.90.